The van der Waals surface area contributed by atoms with Crippen molar-refractivity contribution < 1.29 is 5.11 Å². The Kier molecular flexibility index (Phi) is 2.94. The SMILES string of the molecule is OCc1ccc(Cl)nc1-c1cccnc1. The van der Waals surface area contributed by atoms with Crippen LogP contribution in [0.2, 0.25) is 5.15 Å². The topological polar surface area (TPSA) is 46.0 Å². The van der Waals surface area contributed by atoms with Crippen molar-refractivity contribution in [1.82, 2.24) is 9.97 Å². The van der Waals surface area contributed by atoms with E-state index in [1.807, 2.05) is 12.1 Å². The lowest BCUT2D eigenvalue weighted by Crippen LogP contribution is -1.93. The molecule has 1 N–H and O–H groups in total. The van der Waals surface area contributed by atoms with Crippen LogP contribution in [-0.2, 0) is 6.61 Å². The van der Waals surface area contributed by atoms with Gasteiger partial charge in [0.1, 0.15) is 5.15 Å². The minimum Gasteiger partial charge on any atom is -0.392 e. The molecule has 0 aliphatic carbocycles. The highest BCUT2D eigenvalue weighted by Gasteiger charge is 2.06. The first-order valence-corrected chi connectivity index (χ1v) is 4.86. The summed E-state index contributed by atoms with van der Waals surface area (Å²) in [4.78, 5) is 8.18. The van der Waals surface area contributed by atoms with Crippen molar-refractivity contribution in [3.63, 3.8) is 0 Å². The van der Waals surface area contributed by atoms with Crippen molar-refractivity contribution >= 4 is 11.6 Å². The van der Waals surface area contributed by atoms with Gasteiger partial charge in [0.2, 0.25) is 0 Å². The molecule has 4 heteroatoms. The highest BCUT2D eigenvalue weighted by atomic mass is 35.5. The predicted molar refractivity (Wildman–Crippen MR) is 58.4 cm³/mol. The molecule has 0 radical (unpaired) electrons. The second kappa shape index (κ2) is 4.38. The van der Waals surface area contributed by atoms with Crippen LogP contribution in [0.25, 0.3) is 11.3 Å². The van der Waals surface area contributed by atoms with Gasteiger partial charge in [-0.2, -0.15) is 0 Å². The number of aromatic nitrogens is 2. The van der Waals surface area contributed by atoms with Crippen LogP contribution < -0.4 is 0 Å². The Hall–Kier alpha value is -1.45. The molecule has 2 aromatic heterocycles. The van der Waals surface area contributed by atoms with E-state index in [-0.39, 0.29) is 6.61 Å². The van der Waals surface area contributed by atoms with E-state index in [1.165, 1.54) is 0 Å². The lowest BCUT2D eigenvalue weighted by molar-refractivity contribution is 0.282. The summed E-state index contributed by atoms with van der Waals surface area (Å²) in [6.45, 7) is -0.0611. The van der Waals surface area contributed by atoms with Crippen LogP contribution in [0.15, 0.2) is 36.7 Å². The average molecular weight is 221 g/mol. The quantitative estimate of drug-likeness (QED) is 0.790. The van der Waals surface area contributed by atoms with Crippen LogP contribution in [-0.4, -0.2) is 15.1 Å². The molecular weight excluding hydrogens is 212 g/mol. The van der Waals surface area contributed by atoms with Crippen LogP contribution in [0.4, 0.5) is 0 Å². The van der Waals surface area contributed by atoms with Gasteiger partial charge < -0.3 is 5.11 Å². The molecule has 0 bridgehead atoms. The Balaban J connectivity index is 2.56. The summed E-state index contributed by atoms with van der Waals surface area (Å²) in [5.74, 6) is 0. The van der Waals surface area contributed by atoms with Gasteiger partial charge in [-0.05, 0) is 18.2 Å². The Morgan fingerprint density at radius 1 is 1.27 bits per heavy atom. The lowest BCUT2D eigenvalue weighted by atomic mass is 10.1. The fourth-order valence-electron chi connectivity index (χ4n) is 1.34. The highest BCUT2D eigenvalue weighted by Crippen LogP contribution is 2.22. The van der Waals surface area contributed by atoms with E-state index in [9.17, 15) is 0 Å². The zero-order valence-corrected chi connectivity index (χ0v) is 8.65. The molecule has 0 aromatic carbocycles. The summed E-state index contributed by atoms with van der Waals surface area (Å²) in [6, 6.07) is 7.12. The molecule has 0 saturated carbocycles. The monoisotopic (exact) mass is 220 g/mol. The van der Waals surface area contributed by atoms with E-state index >= 15 is 0 Å². The molecule has 2 aromatic rings. The zero-order valence-electron chi connectivity index (χ0n) is 7.89. The fourth-order valence-corrected chi connectivity index (χ4v) is 1.49. The summed E-state index contributed by atoms with van der Waals surface area (Å²) in [6.07, 6.45) is 3.38. The van der Waals surface area contributed by atoms with Crippen LogP contribution in [0, 0.1) is 0 Å². The number of rotatable bonds is 2. The van der Waals surface area contributed by atoms with Gasteiger partial charge in [-0.25, -0.2) is 4.98 Å². The van der Waals surface area contributed by atoms with Crippen LogP contribution in [0.3, 0.4) is 0 Å². The molecule has 2 heterocycles. The molecule has 3 nitrogen and oxygen atoms in total. The molecule has 0 aliphatic heterocycles. The lowest BCUT2D eigenvalue weighted by Gasteiger charge is -2.06. The van der Waals surface area contributed by atoms with Crippen molar-refractivity contribution in [2.45, 2.75) is 6.61 Å². The van der Waals surface area contributed by atoms with Gasteiger partial charge in [-0.15, -0.1) is 0 Å². The molecule has 0 amide bonds. The minimum absolute atomic E-state index is 0.0611. The highest BCUT2D eigenvalue weighted by molar-refractivity contribution is 6.29. The maximum atomic E-state index is 9.17. The van der Waals surface area contributed by atoms with Crippen LogP contribution in [0.1, 0.15) is 5.56 Å². The maximum Gasteiger partial charge on any atom is 0.129 e. The van der Waals surface area contributed by atoms with Gasteiger partial charge in [-0.1, -0.05) is 17.7 Å². The van der Waals surface area contributed by atoms with Crippen molar-refractivity contribution in [1.29, 1.82) is 0 Å². The number of hydrogen-bond acceptors (Lipinski definition) is 3. The van der Waals surface area contributed by atoms with Gasteiger partial charge in [0, 0.05) is 23.5 Å². The Morgan fingerprint density at radius 3 is 2.80 bits per heavy atom. The third-order valence-corrected chi connectivity index (χ3v) is 2.26. The van der Waals surface area contributed by atoms with E-state index in [2.05, 4.69) is 9.97 Å². The summed E-state index contributed by atoms with van der Waals surface area (Å²) >= 11 is 5.81. The second-order valence-corrected chi connectivity index (χ2v) is 3.43. The Morgan fingerprint density at radius 2 is 2.13 bits per heavy atom. The maximum absolute atomic E-state index is 9.17. The molecule has 2 rings (SSSR count). The van der Waals surface area contributed by atoms with Crippen LogP contribution >= 0.6 is 11.6 Å². The first-order chi connectivity index (χ1) is 7.31. The summed E-state index contributed by atoms with van der Waals surface area (Å²) in [7, 11) is 0. The van der Waals surface area contributed by atoms with Gasteiger partial charge in [-0.3, -0.25) is 4.98 Å². The van der Waals surface area contributed by atoms with Gasteiger partial charge in [0.15, 0.2) is 0 Å². The molecule has 76 valence electrons. The normalized spacial score (nSPS) is 10.3. The van der Waals surface area contributed by atoms with Crippen molar-refractivity contribution in [2.75, 3.05) is 0 Å². The average Bonchev–Trinajstić information content (AvgIpc) is 2.30. The first-order valence-electron chi connectivity index (χ1n) is 4.48. The molecule has 0 atom stereocenters. The number of halogens is 1. The van der Waals surface area contributed by atoms with E-state index in [0.717, 1.165) is 11.1 Å². The predicted octanol–water partition coefficient (Wildman–Crippen LogP) is 2.29. The molecule has 0 fully saturated rings. The Labute approximate surface area is 92.4 Å². The smallest absolute Gasteiger partial charge is 0.129 e. The number of aliphatic hydroxyl groups excluding tert-OH is 1. The minimum atomic E-state index is -0.0611. The van der Waals surface area contributed by atoms with Crippen molar-refractivity contribution in [2.24, 2.45) is 0 Å². The fraction of sp³-hybridized carbons (Fsp3) is 0.0909. The largest absolute Gasteiger partial charge is 0.392 e. The standard InChI is InChI=1S/C11H9ClN2O/c12-10-4-3-9(7-15)11(14-10)8-2-1-5-13-6-8/h1-6,15H,7H2. The van der Waals surface area contributed by atoms with Crippen molar-refractivity contribution in [3.8, 4) is 11.3 Å². The molecule has 15 heavy (non-hydrogen) atoms. The third kappa shape index (κ3) is 2.14. The molecule has 0 saturated heterocycles. The van der Waals surface area contributed by atoms with E-state index in [0.29, 0.717) is 10.8 Å². The van der Waals surface area contributed by atoms with Gasteiger partial charge >= 0.3 is 0 Å². The van der Waals surface area contributed by atoms with Crippen molar-refractivity contribution in [3.05, 3.63) is 47.4 Å². The first kappa shape index (κ1) is 10.1. The zero-order chi connectivity index (χ0) is 10.7. The molecule has 0 spiro atoms. The Bertz CT molecular complexity index is 459. The number of pyridine rings is 2. The summed E-state index contributed by atoms with van der Waals surface area (Å²) in [5, 5.41) is 9.58. The molecule has 0 aliphatic rings. The number of aliphatic hydroxyl groups is 1. The molecule has 0 unspecified atom stereocenters. The van der Waals surface area contributed by atoms with E-state index < -0.39 is 0 Å². The summed E-state index contributed by atoms with van der Waals surface area (Å²) in [5.41, 5.74) is 2.27. The van der Waals surface area contributed by atoms with Crippen LogP contribution in [0.5, 0.6) is 0 Å². The van der Waals surface area contributed by atoms with Gasteiger partial charge in [0.05, 0.1) is 12.3 Å². The van der Waals surface area contributed by atoms with Gasteiger partial charge in [0.25, 0.3) is 0 Å². The molecular formula is C11H9ClN2O. The summed E-state index contributed by atoms with van der Waals surface area (Å²) < 4.78 is 0. The van der Waals surface area contributed by atoms with E-state index in [4.69, 9.17) is 16.7 Å². The second-order valence-electron chi connectivity index (χ2n) is 3.04. The van der Waals surface area contributed by atoms with E-state index in [1.54, 1.807) is 24.5 Å². The number of nitrogens with zero attached hydrogens (tertiary/aromatic N) is 2. The third-order valence-electron chi connectivity index (χ3n) is 2.05. The number of hydrogen-bond donors (Lipinski definition) is 1.